The zero-order valence-corrected chi connectivity index (χ0v) is 55.3. The fraction of sp³-hybridized carbons (Fsp3) is 0.357. The van der Waals surface area contributed by atoms with E-state index >= 15 is 0 Å². The van der Waals surface area contributed by atoms with Gasteiger partial charge < -0.3 is 9.80 Å². The van der Waals surface area contributed by atoms with Gasteiger partial charge in [0.15, 0.2) is 0 Å². The molecule has 0 radical (unpaired) electrons. The Hall–Kier alpha value is -7.36. The van der Waals surface area contributed by atoms with Crippen molar-refractivity contribution in [3.8, 4) is 33.4 Å². The monoisotopic (exact) mass is 1140 g/mol. The van der Waals surface area contributed by atoms with Crippen molar-refractivity contribution in [1.29, 1.82) is 0 Å². The van der Waals surface area contributed by atoms with Crippen molar-refractivity contribution in [2.45, 2.75) is 188 Å². The summed E-state index contributed by atoms with van der Waals surface area (Å²) in [6, 6.07) is 70.4. The summed E-state index contributed by atoms with van der Waals surface area (Å²) in [4.78, 5) is 5.49. The summed E-state index contributed by atoms with van der Waals surface area (Å²) in [6.07, 6.45) is 5.75. The lowest BCUT2D eigenvalue weighted by Crippen LogP contribution is -2.63. The van der Waals surface area contributed by atoms with Crippen molar-refractivity contribution in [3.63, 3.8) is 0 Å². The first-order valence-electron chi connectivity index (χ1n) is 32.8. The minimum Gasteiger partial charge on any atom is -0.310 e. The maximum Gasteiger partial charge on any atom is 0.247 e. The molecule has 2 nitrogen and oxygen atoms in total. The van der Waals surface area contributed by atoms with E-state index in [1.54, 1.807) is 11.1 Å². The van der Waals surface area contributed by atoms with Gasteiger partial charge in [0, 0.05) is 51.9 Å². The van der Waals surface area contributed by atoms with Gasteiger partial charge >= 0.3 is 0 Å². The van der Waals surface area contributed by atoms with Crippen molar-refractivity contribution in [2.75, 3.05) is 9.80 Å². The van der Waals surface area contributed by atoms with E-state index in [-0.39, 0.29) is 50.5 Å². The van der Waals surface area contributed by atoms with E-state index in [0.29, 0.717) is 0 Å². The van der Waals surface area contributed by atoms with Gasteiger partial charge in [0.25, 0.3) is 0 Å². The van der Waals surface area contributed by atoms with Crippen LogP contribution in [0.2, 0.25) is 0 Å². The Kier molecular flexibility index (Phi) is 12.9. The normalized spacial score (nSPS) is 19.3. The molecule has 9 aromatic rings. The molecule has 3 heteroatoms. The zero-order valence-electron chi connectivity index (χ0n) is 55.3. The molecule has 9 aromatic carbocycles. The van der Waals surface area contributed by atoms with E-state index in [0.717, 1.165) is 6.42 Å². The highest BCUT2D eigenvalue weighted by atomic mass is 15.2. The van der Waals surface area contributed by atoms with E-state index in [4.69, 9.17) is 0 Å². The molecule has 0 amide bonds. The number of nitrogens with zero attached hydrogens (tertiary/aromatic N) is 2. The highest BCUT2D eigenvalue weighted by molar-refractivity contribution is 6.99. The van der Waals surface area contributed by atoms with Crippen LogP contribution in [0.1, 0.15) is 205 Å². The lowest BCUT2D eigenvalue weighted by molar-refractivity contribution is 0.0926. The maximum absolute atomic E-state index is 2.88. The highest BCUT2D eigenvalue weighted by Gasteiger charge is 2.63. The van der Waals surface area contributed by atoms with Crippen LogP contribution in [-0.2, 0) is 38.9 Å². The Labute approximate surface area is 522 Å². The second-order valence-corrected chi connectivity index (χ2v) is 32.6. The summed E-state index contributed by atoms with van der Waals surface area (Å²) in [5.74, 6) is 0.184. The molecule has 2 heterocycles. The summed E-state index contributed by atoms with van der Waals surface area (Å²) in [7, 11) is 0. The number of hydrogen-bond donors (Lipinski definition) is 0. The molecule has 0 N–H and O–H groups in total. The van der Waals surface area contributed by atoms with Crippen molar-refractivity contribution in [3.05, 3.63) is 232 Å². The van der Waals surface area contributed by atoms with E-state index in [2.05, 4.69) is 303 Å². The van der Waals surface area contributed by atoms with Gasteiger partial charge in [-0.3, -0.25) is 0 Å². The highest BCUT2D eigenvalue weighted by Crippen LogP contribution is 2.68. The third kappa shape index (κ3) is 8.99. The molecule has 0 spiro atoms. The molecule has 1 fully saturated rings. The SMILES string of the molecule is CC(C)(C)c1ccc(N(c2ccc(C(C)(C)C)cc2)c2cc3c4c(c2)N(c2c(-c5ccccc5)cc(C(C)(C)C)cc2-c2ccccc2)c2c(ccc5c2Cc2ccc(C(C)(C)C)cc2-5)B4c2cc(C(C)(C)C)cc4c2C3C2(C)CCCCC42C)cc1. The van der Waals surface area contributed by atoms with Crippen molar-refractivity contribution in [2.24, 2.45) is 5.41 Å². The Bertz CT molecular complexity index is 4110. The fourth-order valence-electron chi connectivity index (χ4n) is 16.6. The summed E-state index contributed by atoms with van der Waals surface area (Å²) in [6.45, 7) is 41.0. The van der Waals surface area contributed by atoms with Crippen LogP contribution in [0.5, 0.6) is 0 Å². The molecule has 0 aromatic heterocycles. The van der Waals surface area contributed by atoms with Gasteiger partial charge in [-0.2, -0.15) is 0 Å². The topological polar surface area (TPSA) is 6.48 Å². The van der Waals surface area contributed by atoms with Gasteiger partial charge in [-0.1, -0.05) is 263 Å². The van der Waals surface area contributed by atoms with E-state index in [1.807, 2.05) is 0 Å². The van der Waals surface area contributed by atoms with E-state index in [1.165, 1.54) is 154 Å². The predicted molar refractivity (Wildman–Crippen MR) is 375 cm³/mol. The van der Waals surface area contributed by atoms with Gasteiger partial charge in [0.2, 0.25) is 6.71 Å². The molecule has 3 atom stereocenters. The molecule has 0 bridgehead atoms. The summed E-state index contributed by atoms with van der Waals surface area (Å²) >= 11 is 0. The smallest absolute Gasteiger partial charge is 0.247 e. The predicted octanol–water partition coefficient (Wildman–Crippen LogP) is 21.1. The first-order valence-corrected chi connectivity index (χ1v) is 32.8. The van der Waals surface area contributed by atoms with Crippen LogP contribution in [0.25, 0.3) is 33.4 Å². The number of anilines is 6. The van der Waals surface area contributed by atoms with Gasteiger partial charge in [-0.25, -0.2) is 0 Å². The van der Waals surface area contributed by atoms with Crippen LogP contribution in [0.3, 0.4) is 0 Å². The minimum absolute atomic E-state index is 0.00128. The molecular formula is C84H91BN2. The lowest BCUT2D eigenvalue weighted by atomic mass is 9.30. The second-order valence-electron chi connectivity index (χ2n) is 32.6. The van der Waals surface area contributed by atoms with Gasteiger partial charge in [0.1, 0.15) is 0 Å². The van der Waals surface area contributed by atoms with Crippen molar-refractivity contribution < 1.29 is 0 Å². The molecule has 87 heavy (non-hydrogen) atoms. The molecule has 3 unspecified atom stereocenters. The lowest BCUT2D eigenvalue weighted by Gasteiger charge is -2.51. The van der Waals surface area contributed by atoms with E-state index in [9.17, 15) is 0 Å². The van der Waals surface area contributed by atoms with E-state index < -0.39 is 0 Å². The number of rotatable bonds is 6. The Morgan fingerprint density at radius 2 is 0.943 bits per heavy atom. The number of fused-ring (bicyclic) bond motifs is 11. The van der Waals surface area contributed by atoms with Crippen LogP contribution in [-0.4, -0.2) is 6.71 Å². The fourth-order valence-corrected chi connectivity index (χ4v) is 16.6. The summed E-state index contributed by atoms with van der Waals surface area (Å²) < 4.78 is 0. The van der Waals surface area contributed by atoms with Gasteiger partial charge in [0.05, 0.1) is 5.69 Å². The Morgan fingerprint density at radius 1 is 0.437 bits per heavy atom. The van der Waals surface area contributed by atoms with Crippen molar-refractivity contribution >= 4 is 57.2 Å². The molecule has 3 aliphatic carbocycles. The maximum atomic E-state index is 2.88. The first-order chi connectivity index (χ1) is 41.0. The zero-order chi connectivity index (χ0) is 61.3. The summed E-state index contributed by atoms with van der Waals surface area (Å²) in [5, 5.41) is 0. The molecule has 1 saturated carbocycles. The average molecular weight is 1140 g/mol. The van der Waals surface area contributed by atoms with Crippen LogP contribution in [0, 0.1) is 5.41 Å². The molecule has 0 saturated heterocycles. The first kappa shape index (κ1) is 57.4. The average Bonchev–Trinajstić information content (AvgIpc) is 1.56. The number of hydrogen-bond acceptors (Lipinski definition) is 2. The standard InChI is InChI=1S/C84H91BN2/c1-78(2,3)55-32-36-60(37-33-55)86(61-38-34-56(35-39-61)79(4,5)6)62-50-68-74-73-69(83(16)42-24-25-43-84(74,83)17)48-59(82(13,14)15)49-71(73)85-70-41-40-63-64-45-57(80(7,8)9)31-30-54(64)44-67(63)77(70)87(72(51-62)75(68)85)76-65(52-26-20-18-21-27-52)46-58(81(10,11)12)47-66(76)53-28-22-19-23-29-53/h18-23,26-41,45-51,74H,24-25,42-44H2,1-17H3. The van der Waals surface area contributed by atoms with Crippen LogP contribution < -0.4 is 26.2 Å². The minimum atomic E-state index is -0.133. The molecule has 2 aliphatic heterocycles. The molecule has 5 aliphatic rings. The van der Waals surface area contributed by atoms with Gasteiger partial charge in [-0.05, 0) is 188 Å². The Balaban J connectivity index is 1.19. The third-order valence-electron chi connectivity index (χ3n) is 21.9. The molecule has 14 rings (SSSR count). The quantitative estimate of drug-likeness (QED) is 0.153. The Morgan fingerprint density at radius 3 is 1.48 bits per heavy atom. The largest absolute Gasteiger partial charge is 0.310 e. The van der Waals surface area contributed by atoms with Gasteiger partial charge in [-0.15, -0.1) is 0 Å². The van der Waals surface area contributed by atoms with Crippen LogP contribution in [0.15, 0.2) is 176 Å². The van der Waals surface area contributed by atoms with Crippen molar-refractivity contribution in [1.82, 2.24) is 0 Å². The van der Waals surface area contributed by atoms with Crippen LogP contribution >= 0.6 is 0 Å². The molecular weight excluding hydrogens is 1050 g/mol. The number of benzene rings is 9. The second kappa shape index (κ2) is 19.6. The van der Waals surface area contributed by atoms with Crippen LogP contribution in [0.4, 0.5) is 34.1 Å². The third-order valence-corrected chi connectivity index (χ3v) is 21.9. The summed E-state index contributed by atoms with van der Waals surface area (Å²) in [5.41, 5.74) is 33.7. The molecule has 440 valence electrons.